The predicted molar refractivity (Wildman–Crippen MR) is 78.4 cm³/mol. The largest absolute Gasteiger partial charge is 0.455 e. The van der Waals surface area contributed by atoms with Crippen molar-refractivity contribution in [1.82, 2.24) is 0 Å². The van der Waals surface area contributed by atoms with Crippen molar-refractivity contribution in [3.8, 4) is 11.3 Å². The van der Waals surface area contributed by atoms with E-state index >= 15 is 0 Å². The van der Waals surface area contributed by atoms with E-state index in [0.29, 0.717) is 5.58 Å². The van der Waals surface area contributed by atoms with Gasteiger partial charge >= 0.3 is 6.18 Å². The fourth-order valence-corrected chi connectivity index (χ4v) is 3.06. The lowest BCUT2D eigenvalue weighted by atomic mass is 10.0. The zero-order valence-corrected chi connectivity index (χ0v) is 11.9. The van der Waals surface area contributed by atoms with Crippen molar-refractivity contribution < 1.29 is 17.6 Å². The molecule has 2 aromatic carbocycles. The predicted octanol–water partition coefficient (Wildman–Crippen LogP) is 5.84. The van der Waals surface area contributed by atoms with Crippen LogP contribution >= 0.6 is 11.8 Å². The molecule has 0 bridgehead atoms. The number of benzene rings is 2. The van der Waals surface area contributed by atoms with E-state index in [1.165, 1.54) is 23.9 Å². The van der Waals surface area contributed by atoms with Gasteiger partial charge in [0.25, 0.3) is 0 Å². The minimum Gasteiger partial charge on any atom is -0.455 e. The number of hydrogen-bond acceptors (Lipinski definition) is 2. The molecule has 0 aliphatic rings. The van der Waals surface area contributed by atoms with Crippen LogP contribution in [0.2, 0.25) is 0 Å². The maximum Gasteiger partial charge on any atom is 0.417 e. The number of rotatable bonds is 2. The van der Waals surface area contributed by atoms with E-state index in [1.807, 2.05) is 18.4 Å². The van der Waals surface area contributed by atoms with Crippen LogP contribution in [0, 0.1) is 0 Å². The van der Waals surface area contributed by atoms with Gasteiger partial charge in [-0.1, -0.05) is 30.3 Å². The molecule has 0 N–H and O–H groups in total. The van der Waals surface area contributed by atoms with Crippen LogP contribution < -0.4 is 0 Å². The summed E-state index contributed by atoms with van der Waals surface area (Å²) in [7, 11) is 0. The smallest absolute Gasteiger partial charge is 0.417 e. The molecule has 0 atom stereocenters. The number of hydrogen-bond donors (Lipinski definition) is 0. The maximum atomic E-state index is 13.2. The van der Waals surface area contributed by atoms with E-state index < -0.39 is 11.7 Å². The minimum atomic E-state index is -4.41. The Kier molecular flexibility index (Phi) is 3.45. The van der Waals surface area contributed by atoms with Crippen molar-refractivity contribution >= 4 is 22.7 Å². The lowest BCUT2D eigenvalue weighted by Gasteiger charge is -2.11. The lowest BCUT2D eigenvalue weighted by molar-refractivity contribution is -0.137. The zero-order valence-electron chi connectivity index (χ0n) is 11.1. The molecule has 1 aromatic heterocycles. The lowest BCUT2D eigenvalue weighted by Crippen LogP contribution is -2.06. The highest BCUT2D eigenvalue weighted by atomic mass is 32.2. The van der Waals surface area contributed by atoms with Gasteiger partial charge in [0.1, 0.15) is 11.3 Å². The summed E-state index contributed by atoms with van der Waals surface area (Å²) in [6.45, 7) is 0. The average Bonchev–Trinajstić information content (AvgIpc) is 2.84. The molecule has 0 aliphatic carbocycles. The van der Waals surface area contributed by atoms with Gasteiger partial charge in [-0.25, -0.2) is 0 Å². The van der Waals surface area contributed by atoms with Gasteiger partial charge in [0.15, 0.2) is 0 Å². The zero-order chi connectivity index (χ0) is 15.0. The summed E-state index contributed by atoms with van der Waals surface area (Å²) in [5, 5.41) is 0.831. The maximum absolute atomic E-state index is 13.2. The second kappa shape index (κ2) is 5.15. The van der Waals surface area contributed by atoms with Gasteiger partial charge in [-0.2, -0.15) is 13.2 Å². The van der Waals surface area contributed by atoms with Crippen LogP contribution in [0.15, 0.2) is 57.8 Å². The number of halogens is 3. The molecule has 21 heavy (non-hydrogen) atoms. The molecule has 3 aromatic rings. The fourth-order valence-electron chi connectivity index (χ4n) is 2.33. The molecule has 0 spiro atoms. The van der Waals surface area contributed by atoms with Crippen LogP contribution in [0.4, 0.5) is 13.2 Å². The van der Waals surface area contributed by atoms with Crippen molar-refractivity contribution in [2.75, 3.05) is 6.26 Å². The molecule has 108 valence electrons. The van der Waals surface area contributed by atoms with E-state index in [4.69, 9.17) is 4.42 Å². The Morgan fingerprint density at radius 3 is 2.33 bits per heavy atom. The number of furan rings is 1. The molecule has 3 rings (SSSR count). The van der Waals surface area contributed by atoms with E-state index in [0.717, 1.165) is 16.3 Å². The number of para-hydroxylation sites is 1. The van der Waals surface area contributed by atoms with E-state index in [2.05, 4.69) is 0 Å². The summed E-state index contributed by atoms with van der Waals surface area (Å²) in [4.78, 5) is 0.724. The van der Waals surface area contributed by atoms with Crippen molar-refractivity contribution in [1.29, 1.82) is 0 Å². The van der Waals surface area contributed by atoms with Gasteiger partial charge in [0.2, 0.25) is 0 Å². The third-order valence-electron chi connectivity index (χ3n) is 3.23. The van der Waals surface area contributed by atoms with Gasteiger partial charge in [0, 0.05) is 10.9 Å². The van der Waals surface area contributed by atoms with Crippen LogP contribution in [0.3, 0.4) is 0 Å². The Bertz CT molecular complexity index is 790. The van der Waals surface area contributed by atoms with Crippen molar-refractivity contribution in [2.45, 2.75) is 11.1 Å². The summed E-state index contributed by atoms with van der Waals surface area (Å²) in [5.41, 5.74) is -0.0151. The summed E-state index contributed by atoms with van der Waals surface area (Å²) in [6, 6.07) is 12.7. The SMILES string of the molecule is CSc1c(-c2ccccc2C(F)(F)F)oc2ccccc12. The summed E-state index contributed by atoms with van der Waals surface area (Å²) < 4.78 is 45.2. The number of thioether (sulfide) groups is 1. The topological polar surface area (TPSA) is 13.1 Å². The summed E-state index contributed by atoms with van der Waals surface area (Å²) in [6.07, 6.45) is -2.58. The summed E-state index contributed by atoms with van der Waals surface area (Å²) >= 11 is 1.38. The Morgan fingerprint density at radius 2 is 1.62 bits per heavy atom. The highest BCUT2D eigenvalue weighted by molar-refractivity contribution is 7.99. The first-order valence-electron chi connectivity index (χ1n) is 6.24. The third kappa shape index (κ3) is 2.42. The van der Waals surface area contributed by atoms with Crippen molar-refractivity contribution in [3.05, 3.63) is 54.1 Å². The molecule has 5 heteroatoms. The standard InChI is InChI=1S/C16H11F3OS/c1-21-15-11-7-3-5-9-13(11)20-14(15)10-6-2-4-8-12(10)16(17,18)19/h2-9H,1H3. The Morgan fingerprint density at radius 1 is 0.952 bits per heavy atom. The first-order valence-corrected chi connectivity index (χ1v) is 7.47. The molecule has 1 nitrogen and oxygen atoms in total. The quantitative estimate of drug-likeness (QED) is 0.552. The van der Waals surface area contributed by atoms with Crippen LogP contribution in [-0.4, -0.2) is 6.26 Å². The van der Waals surface area contributed by atoms with Crippen LogP contribution in [0.1, 0.15) is 5.56 Å². The third-order valence-corrected chi connectivity index (χ3v) is 4.04. The Hall–Kier alpha value is -1.88. The van der Waals surface area contributed by atoms with Crippen molar-refractivity contribution in [2.24, 2.45) is 0 Å². The average molecular weight is 308 g/mol. The normalized spacial score (nSPS) is 12.0. The van der Waals surface area contributed by atoms with Gasteiger partial charge in [-0.15, -0.1) is 11.8 Å². The van der Waals surface area contributed by atoms with E-state index in [1.54, 1.807) is 18.2 Å². The van der Waals surface area contributed by atoms with Gasteiger partial charge in [-0.3, -0.25) is 0 Å². The van der Waals surface area contributed by atoms with Crippen LogP contribution in [-0.2, 0) is 6.18 Å². The van der Waals surface area contributed by atoms with Gasteiger partial charge < -0.3 is 4.42 Å². The fraction of sp³-hybridized carbons (Fsp3) is 0.125. The molecule has 0 aliphatic heterocycles. The second-order valence-corrected chi connectivity index (χ2v) is 5.32. The molecule has 0 saturated carbocycles. The van der Waals surface area contributed by atoms with Crippen LogP contribution in [0.25, 0.3) is 22.3 Å². The molecule has 0 saturated heterocycles. The van der Waals surface area contributed by atoms with Crippen molar-refractivity contribution in [3.63, 3.8) is 0 Å². The molecular formula is C16H11F3OS. The Balaban J connectivity index is 2.31. The molecule has 0 amide bonds. The summed E-state index contributed by atoms with van der Waals surface area (Å²) in [5.74, 6) is 0.275. The first kappa shape index (κ1) is 14.1. The molecule has 0 fully saturated rings. The molecule has 1 heterocycles. The number of fused-ring (bicyclic) bond motifs is 1. The number of alkyl halides is 3. The first-order chi connectivity index (χ1) is 10.0. The van der Waals surface area contributed by atoms with E-state index in [-0.39, 0.29) is 11.3 Å². The molecule has 0 radical (unpaired) electrons. The van der Waals surface area contributed by atoms with Crippen LogP contribution in [0.5, 0.6) is 0 Å². The highest BCUT2D eigenvalue weighted by Crippen LogP contribution is 2.44. The minimum absolute atomic E-state index is 0.0746. The second-order valence-electron chi connectivity index (χ2n) is 4.50. The monoisotopic (exact) mass is 308 g/mol. The van der Waals surface area contributed by atoms with Gasteiger partial charge in [0.05, 0.1) is 10.5 Å². The highest BCUT2D eigenvalue weighted by Gasteiger charge is 2.35. The Labute approximate surface area is 123 Å². The molecule has 0 unspecified atom stereocenters. The molecular weight excluding hydrogens is 297 g/mol. The van der Waals surface area contributed by atoms with E-state index in [9.17, 15) is 13.2 Å². The van der Waals surface area contributed by atoms with Gasteiger partial charge in [-0.05, 0) is 24.5 Å².